The van der Waals surface area contributed by atoms with Gasteiger partial charge in [0, 0.05) is 0 Å². The molecule has 114 valence electrons. The molecule has 0 saturated heterocycles. The van der Waals surface area contributed by atoms with E-state index in [0.29, 0.717) is 22.8 Å². The number of rotatable bonds is 3. The highest BCUT2D eigenvalue weighted by Crippen LogP contribution is 2.30. The van der Waals surface area contributed by atoms with Crippen LogP contribution in [0.25, 0.3) is 10.8 Å². The van der Waals surface area contributed by atoms with Crippen LogP contribution in [0.2, 0.25) is 0 Å². The molecule has 0 aliphatic heterocycles. The Bertz CT molecular complexity index is 782. The van der Waals surface area contributed by atoms with Crippen molar-refractivity contribution in [3.8, 4) is 5.75 Å². The Labute approximate surface area is 118 Å². The molecule has 0 amide bonds. The van der Waals surface area contributed by atoms with Gasteiger partial charge in [-0.05, 0) is 41.0 Å². The molecular formula is C13H10F4O3S. The molecule has 0 bridgehead atoms. The molecule has 0 saturated carbocycles. The van der Waals surface area contributed by atoms with Crippen molar-refractivity contribution in [3.63, 3.8) is 0 Å². The largest absolute Gasteiger partial charge is 0.534 e. The molecule has 2 aromatic rings. The molecule has 0 spiro atoms. The van der Waals surface area contributed by atoms with Crippen molar-refractivity contribution in [1.82, 2.24) is 0 Å². The van der Waals surface area contributed by atoms with Crippen molar-refractivity contribution >= 4 is 20.9 Å². The summed E-state index contributed by atoms with van der Waals surface area (Å²) in [5.41, 5.74) is -5.10. The quantitative estimate of drug-likeness (QED) is 0.491. The Kier molecular flexibility index (Phi) is 3.83. The van der Waals surface area contributed by atoms with Crippen LogP contribution in [-0.2, 0) is 16.5 Å². The van der Waals surface area contributed by atoms with Crippen molar-refractivity contribution in [1.29, 1.82) is 0 Å². The van der Waals surface area contributed by atoms with Crippen LogP contribution < -0.4 is 4.18 Å². The second-order valence-corrected chi connectivity index (χ2v) is 5.78. The average Bonchev–Trinajstić information content (AvgIpc) is 2.37. The van der Waals surface area contributed by atoms with Gasteiger partial charge < -0.3 is 4.18 Å². The summed E-state index contributed by atoms with van der Waals surface area (Å²) in [6.07, 6.45) is 0.393. The predicted molar refractivity (Wildman–Crippen MR) is 68.9 cm³/mol. The maximum absolute atomic E-state index is 13.6. The number of fused-ring (bicyclic) bond motifs is 1. The average molecular weight is 322 g/mol. The predicted octanol–water partition coefficient (Wildman–Crippen LogP) is 3.77. The lowest BCUT2D eigenvalue weighted by Gasteiger charge is -2.11. The van der Waals surface area contributed by atoms with Gasteiger partial charge in [-0.15, -0.1) is 0 Å². The molecule has 0 aliphatic carbocycles. The minimum absolute atomic E-state index is 0.392. The second-order valence-electron chi connectivity index (χ2n) is 4.25. The first-order chi connectivity index (χ1) is 9.65. The van der Waals surface area contributed by atoms with E-state index >= 15 is 0 Å². The first kappa shape index (κ1) is 15.6. The third-order valence-electron chi connectivity index (χ3n) is 2.89. The summed E-state index contributed by atoms with van der Waals surface area (Å²) in [5.74, 6) is -0.907. The molecule has 0 atom stereocenters. The summed E-state index contributed by atoms with van der Waals surface area (Å²) in [7, 11) is -5.72. The first-order valence-electron chi connectivity index (χ1n) is 5.87. The Morgan fingerprint density at radius 2 is 1.81 bits per heavy atom. The monoisotopic (exact) mass is 322 g/mol. The third-order valence-corrected chi connectivity index (χ3v) is 3.87. The van der Waals surface area contributed by atoms with Crippen LogP contribution in [0.3, 0.4) is 0 Å². The lowest BCUT2D eigenvalue weighted by Crippen LogP contribution is -2.28. The van der Waals surface area contributed by atoms with Crippen molar-refractivity contribution in [3.05, 3.63) is 41.7 Å². The fraction of sp³-hybridized carbons (Fsp3) is 0.231. The van der Waals surface area contributed by atoms with Gasteiger partial charge in [-0.25, -0.2) is 4.39 Å². The van der Waals surface area contributed by atoms with Gasteiger partial charge in [-0.2, -0.15) is 21.6 Å². The molecule has 0 aromatic heterocycles. The normalized spacial score (nSPS) is 12.6. The molecule has 0 radical (unpaired) electrons. The summed E-state index contributed by atoms with van der Waals surface area (Å²) >= 11 is 0. The number of benzene rings is 2. The van der Waals surface area contributed by atoms with Crippen LogP contribution in [0.1, 0.15) is 12.5 Å². The highest BCUT2D eigenvalue weighted by Gasteiger charge is 2.48. The number of hydrogen-bond donors (Lipinski definition) is 0. The maximum atomic E-state index is 13.6. The van der Waals surface area contributed by atoms with Gasteiger partial charge in [0.05, 0.1) is 0 Å². The SMILES string of the molecule is CCc1c(F)ccc2cc(OS(=O)(=O)C(F)(F)F)ccc12. The van der Waals surface area contributed by atoms with Gasteiger partial charge in [0.2, 0.25) is 0 Å². The Morgan fingerprint density at radius 3 is 2.38 bits per heavy atom. The molecule has 3 nitrogen and oxygen atoms in total. The molecular weight excluding hydrogens is 312 g/mol. The number of halogens is 4. The molecule has 2 rings (SSSR count). The Balaban J connectivity index is 2.48. The van der Waals surface area contributed by atoms with Crippen LogP contribution in [0.5, 0.6) is 5.75 Å². The van der Waals surface area contributed by atoms with E-state index in [1.165, 1.54) is 18.2 Å². The zero-order valence-corrected chi connectivity index (χ0v) is 11.6. The molecule has 0 N–H and O–H groups in total. The zero-order chi connectivity index (χ0) is 15.8. The van der Waals surface area contributed by atoms with Crippen molar-refractivity contribution < 1.29 is 30.2 Å². The first-order valence-corrected chi connectivity index (χ1v) is 7.28. The molecule has 2 aromatic carbocycles. The van der Waals surface area contributed by atoms with Crippen molar-refractivity contribution in [2.75, 3.05) is 0 Å². The summed E-state index contributed by atoms with van der Waals surface area (Å²) in [4.78, 5) is 0. The minimum Gasteiger partial charge on any atom is -0.376 e. The molecule has 0 aliphatic rings. The van der Waals surface area contributed by atoms with E-state index in [9.17, 15) is 26.0 Å². The fourth-order valence-corrected chi connectivity index (χ4v) is 2.38. The second kappa shape index (κ2) is 5.18. The molecule has 21 heavy (non-hydrogen) atoms. The van der Waals surface area contributed by atoms with E-state index in [0.717, 1.165) is 12.1 Å². The number of hydrogen-bond acceptors (Lipinski definition) is 3. The highest BCUT2D eigenvalue weighted by molar-refractivity contribution is 7.88. The summed E-state index contributed by atoms with van der Waals surface area (Å²) in [5, 5.41) is 0.886. The van der Waals surface area contributed by atoms with E-state index in [2.05, 4.69) is 4.18 Å². The highest BCUT2D eigenvalue weighted by atomic mass is 32.2. The van der Waals surface area contributed by atoms with Gasteiger partial charge in [-0.3, -0.25) is 0 Å². The summed E-state index contributed by atoms with van der Waals surface area (Å²) in [6, 6.07) is 6.03. The molecule has 0 unspecified atom stereocenters. The molecule has 0 fully saturated rings. The number of aryl methyl sites for hydroxylation is 1. The summed E-state index contributed by atoms with van der Waals surface area (Å²) in [6.45, 7) is 1.73. The van der Waals surface area contributed by atoms with Gasteiger partial charge in [0.15, 0.2) is 0 Å². The fourth-order valence-electron chi connectivity index (χ4n) is 1.93. The van der Waals surface area contributed by atoms with E-state index in [4.69, 9.17) is 0 Å². The minimum atomic E-state index is -5.72. The van der Waals surface area contributed by atoms with E-state index in [1.807, 2.05) is 0 Å². The van der Waals surface area contributed by atoms with Crippen LogP contribution in [0.15, 0.2) is 30.3 Å². The van der Waals surface area contributed by atoms with Gasteiger partial charge >= 0.3 is 15.6 Å². The van der Waals surface area contributed by atoms with Crippen LogP contribution in [-0.4, -0.2) is 13.9 Å². The third kappa shape index (κ3) is 2.94. The van der Waals surface area contributed by atoms with Crippen molar-refractivity contribution in [2.24, 2.45) is 0 Å². The van der Waals surface area contributed by atoms with Crippen LogP contribution >= 0.6 is 0 Å². The Hall–Kier alpha value is -1.83. The number of alkyl halides is 3. The van der Waals surface area contributed by atoms with Gasteiger partial charge in [0.1, 0.15) is 11.6 Å². The zero-order valence-electron chi connectivity index (χ0n) is 10.7. The van der Waals surface area contributed by atoms with E-state index < -0.39 is 27.2 Å². The Morgan fingerprint density at radius 1 is 1.14 bits per heavy atom. The van der Waals surface area contributed by atoms with Crippen LogP contribution in [0.4, 0.5) is 17.6 Å². The summed E-state index contributed by atoms with van der Waals surface area (Å²) < 4.78 is 76.2. The molecule has 0 heterocycles. The smallest absolute Gasteiger partial charge is 0.376 e. The lowest BCUT2D eigenvalue weighted by atomic mass is 10.0. The topological polar surface area (TPSA) is 43.4 Å². The van der Waals surface area contributed by atoms with E-state index in [-0.39, 0.29) is 0 Å². The van der Waals surface area contributed by atoms with Crippen molar-refractivity contribution in [2.45, 2.75) is 18.9 Å². The van der Waals surface area contributed by atoms with E-state index in [1.54, 1.807) is 6.92 Å². The maximum Gasteiger partial charge on any atom is 0.534 e. The van der Waals surface area contributed by atoms with Gasteiger partial charge in [0.25, 0.3) is 0 Å². The van der Waals surface area contributed by atoms with Gasteiger partial charge in [-0.1, -0.05) is 19.1 Å². The molecule has 8 heteroatoms. The lowest BCUT2D eigenvalue weighted by molar-refractivity contribution is -0.0500. The standard InChI is InChI=1S/C13H10F4O3S/c1-2-10-11-5-4-9(7-8(11)3-6-12(10)14)20-21(18,19)13(15,16)17/h3-7H,2H2,1H3. The van der Waals surface area contributed by atoms with Crippen LogP contribution in [0, 0.1) is 5.82 Å².